The van der Waals surface area contributed by atoms with Gasteiger partial charge in [-0.25, -0.2) is 23.9 Å². The second-order valence-electron chi connectivity index (χ2n) is 9.96. The number of hydrogen-bond donors (Lipinski definition) is 0. The molecule has 2 aromatic heterocycles. The molecule has 4 aromatic rings. The summed E-state index contributed by atoms with van der Waals surface area (Å²) in [5, 5.41) is 4.99. The Morgan fingerprint density at radius 2 is 1.81 bits per heavy atom. The van der Waals surface area contributed by atoms with Crippen LogP contribution in [0.2, 0.25) is 0 Å². The van der Waals surface area contributed by atoms with Crippen molar-refractivity contribution in [3.63, 3.8) is 0 Å². The third-order valence-electron chi connectivity index (χ3n) is 7.93. The molecule has 3 atom stereocenters. The van der Waals surface area contributed by atoms with Crippen LogP contribution in [-0.2, 0) is 16.6 Å². The van der Waals surface area contributed by atoms with E-state index < -0.39 is 5.41 Å². The number of hydrogen-bond acceptors (Lipinski definition) is 4. The lowest BCUT2D eigenvalue weighted by Crippen LogP contribution is -2.46. The molecule has 0 saturated heterocycles. The van der Waals surface area contributed by atoms with Crippen molar-refractivity contribution in [2.75, 3.05) is 0 Å². The van der Waals surface area contributed by atoms with Gasteiger partial charge in [0, 0.05) is 40.4 Å². The third kappa shape index (κ3) is 3.52. The third-order valence-corrected chi connectivity index (χ3v) is 7.93. The van der Waals surface area contributed by atoms with Crippen LogP contribution in [0.1, 0.15) is 31.5 Å². The number of halogens is 1. The summed E-state index contributed by atoms with van der Waals surface area (Å²) in [7, 11) is 0. The molecular formula is C30H24FN5O. The second kappa shape index (κ2) is 8.59. The first-order chi connectivity index (χ1) is 17.9. The van der Waals surface area contributed by atoms with E-state index in [1.54, 1.807) is 24.5 Å². The van der Waals surface area contributed by atoms with Crippen molar-refractivity contribution < 1.29 is 9.18 Å². The van der Waals surface area contributed by atoms with E-state index in [2.05, 4.69) is 21.7 Å². The highest BCUT2D eigenvalue weighted by molar-refractivity contribution is 6.00. The number of nitrogens with zero attached hydrogens (tertiary/aromatic N) is 5. The number of carbonyl (C=O) groups is 1. The van der Waals surface area contributed by atoms with E-state index in [9.17, 15) is 9.18 Å². The van der Waals surface area contributed by atoms with E-state index in [-0.39, 0.29) is 29.1 Å². The Morgan fingerprint density at radius 3 is 2.51 bits per heavy atom. The van der Waals surface area contributed by atoms with Gasteiger partial charge in [0.15, 0.2) is 5.78 Å². The summed E-state index contributed by atoms with van der Waals surface area (Å²) in [6, 6.07) is 14.6. The number of Topliss-reactive ketones (excluding diaryl/α,β-unsaturated/α-hetero) is 1. The molecule has 0 saturated carbocycles. The van der Waals surface area contributed by atoms with E-state index >= 15 is 0 Å². The van der Waals surface area contributed by atoms with Gasteiger partial charge in [-0.3, -0.25) is 0 Å². The molecule has 0 aliphatic heterocycles. The molecule has 2 aliphatic carbocycles. The number of carbonyl (C=O) groups excluding carboxylic acids is 1. The summed E-state index contributed by atoms with van der Waals surface area (Å²) in [5.41, 5.74) is 5.19. The Balaban J connectivity index is 1.59. The van der Waals surface area contributed by atoms with Gasteiger partial charge >= 0.3 is 0 Å². The maximum Gasteiger partial charge on any atom is 0.226 e. The largest absolute Gasteiger partial charge is 0.308 e. The number of aromatic nitrogens is 4. The van der Waals surface area contributed by atoms with Gasteiger partial charge in [-0.15, -0.1) is 0 Å². The Hall–Kier alpha value is -4.44. The van der Waals surface area contributed by atoms with Gasteiger partial charge in [-0.1, -0.05) is 44.2 Å². The van der Waals surface area contributed by atoms with Crippen molar-refractivity contribution in [1.29, 1.82) is 0 Å². The Kier molecular flexibility index (Phi) is 5.34. The van der Waals surface area contributed by atoms with Crippen LogP contribution in [0.15, 0.2) is 79.0 Å². The van der Waals surface area contributed by atoms with Crippen LogP contribution in [0, 0.1) is 24.2 Å². The maximum atomic E-state index is 15.0. The van der Waals surface area contributed by atoms with Gasteiger partial charge in [0.25, 0.3) is 0 Å². The van der Waals surface area contributed by atoms with Crippen LogP contribution in [-0.4, -0.2) is 25.5 Å². The molecule has 0 fully saturated rings. The molecule has 182 valence electrons. The first-order valence-electron chi connectivity index (χ1n) is 12.3. The average Bonchev–Trinajstić information content (AvgIpc) is 3.32. The Morgan fingerprint density at radius 1 is 1.08 bits per heavy atom. The quantitative estimate of drug-likeness (QED) is 0.332. The van der Waals surface area contributed by atoms with Crippen molar-refractivity contribution in [2.24, 2.45) is 11.8 Å². The normalized spacial score (nSPS) is 22.5. The lowest BCUT2D eigenvalue weighted by atomic mass is 9.58. The highest BCUT2D eigenvalue weighted by Crippen LogP contribution is 2.52. The lowest BCUT2D eigenvalue weighted by Gasteiger charge is -2.45. The van der Waals surface area contributed by atoms with Crippen molar-refractivity contribution in [1.82, 2.24) is 19.7 Å². The number of ketones is 1. The van der Waals surface area contributed by atoms with Crippen LogP contribution in [0.4, 0.5) is 4.39 Å². The first-order valence-corrected chi connectivity index (χ1v) is 12.3. The minimum Gasteiger partial charge on any atom is -0.308 e. The van der Waals surface area contributed by atoms with Gasteiger partial charge in [-0.05, 0) is 48.6 Å². The average molecular weight is 490 g/mol. The zero-order valence-electron chi connectivity index (χ0n) is 20.5. The summed E-state index contributed by atoms with van der Waals surface area (Å²) in [5.74, 6) is -0.697. The van der Waals surface area contributed by atoms with Gasteiger partial charge in [0.05, 0.1) is 23.6 Å². The molecule has 7 heteroatoms. The SMILES string of the molecule is [C-]#[N+]C1=C[C@@]2(C)c3c(c(-c4ccccc4F)nn3-c3ccc(-c4cncnc4)cc3)CC[C@@H]2[C@@H](C)C1=O. The van der Waals surface area contributed by atoms with Crippen LogP contribution < -0.4 is 0 Å². The van der Waals surface area contributed by atoms with E-state index in [1.807, 2.05) is 48.0 Å². The van der Waals surface area contributed by atoms with Crippen LogP contribution >= 0.6 is 0 Å². The molecule has 0 N–H and O–H groups in total. The molecule has 2 aromatic carbocycles. The molecule has 0 spiro atoms. The van der Waals surface area contributed by atoms with E-state index in [4.69, 9.17) is 11.7 Å². The van der Waals surface area contributed by atoms with E-state index in [0.29, 0.717) is 17.7 Å². The summed E-state index contributed by atoms with van der Waals surface area (Å²) in [6.45, 7) is 11.6. The topological polar surface area (TPSA) is 65.0 Å². The predicted octanol–water partition coefficient (Wildman–Crippen LogP) is 5.98. The Bertz CT molecular complexity index is 1600. The predicted molar refractivity (Wildman–Crippen MR) is 138 cm³/mol. The molecule has 0 bridgehead atoms. The fourth-order valence-corrected chi connectivity index (χ4v) is 6.12. The summed E-state index contributed by atoms with van der Waals surface area (Å²) in [6.07, 6.45) is 8.28. The minimum absolute atomic E-state index is 0.0164. The number of fused-ring (bicyclic) bond motifs is 3. The Labute approximate surface area is 214 Å². The van der Waals surface area contributed by atoms with Crippen molar-refractivity contribution >= 4 is 5.78 Å². The van der Waals surface area contributed by atoms with E-state index in [0.717, 1.165) is 34.5 Å². The molecule has 6 rings (SSSR count). The zero-order chi connectivity index (χ0) is 25.7. The number of allylic oxidation sites excluding steroid dienone is 2. The summed E-state index contributed by atoms with van der Waals surface area (Å²) in [4.78, 5) is 24.7. The fourth-order valence-electron chi connectivity index (χ4n) is 6.12. The van der Waals surface area contributed by atoms with Crippen LogP contribution in [0.25, 0.3) is 32.9 Å². The van der Waals surface area contributed by atoms with E-state index in [1.165, 1.54) is 12.4 Å². The van der Waals surface area contributed by atoms with Crippen LogP contribution in [0.5, 0.6) is 0 Å². The molecular weight excluding hydrogens is 465 g/mol. The lowest BCUT2D eigenvalue weighted by molar-refractivity contribution is -0.121. The number of rotatable bonds is 3. The highest BCUT2D eigenvalue weighted by atomic mass is 19.1. The van der Waals surface area contributed by atoms with Crippen molar-refractivity contribution in [3.05, 3.63) is 108 Å². The molecule has 0 radical (unpaired) electrons. The molecule has 0 unspecified atom stereocenters. The molecule has 6 nitrogen and oxygen atoms in total. The van der Waals surface area contributed by atoms with Crippen molar-refractivity contribution in [3.8, 4) is 28.1 Å². The van der Waals surface area contributed by atoms with Crippen molar-refractivity contribution in [2.45, 2.75) is 32.1 Å². The van der Waals surface area contributed by atoms with Crippen LogP contribution in [0.3, 0.4) is 0 Å². The zero-order valence-corrected chi connectivity index (χ0v) is 20.5. The summed E-state index contributed by atoms with van der Waals surface area (Å²) >= 11 is 0. The summed E-state index contributed by atoms with van der Waals surface area (Å²) < 4.78 is 16.9. The van der Waals surface area contributed by atoms with Gasteiger partial charge < -0.3 is 4.79 Å². The molecule has 0 amide bonds. The smallest absolute Gasteiger partial charge is 0.226 e. The standard InChI is InChI=1S/C30H24FN5O/c1-18-24-13-12-23-27(22-6-4-5-7-25(22)31)35-36(29(23)30(24,2)14-26(32-3)28(18)37)21-10-8-19(9-11-21)20-15-33-17-34-16-20/h4-11,14-18,24H,12-13H2,1-2H3/t18-,24-,30-/m1/s1. The fraction of sp³-hybridized carbons (Fsp3) is 0.233. The molecule has 37 heavy (non-hydrogen) atoms. The maximum absolute atomic E-state index is 15.0. The van der Waals surface area contributed by atoms with Gasteiger partial charge in [0.1, 0.15) is 12.1 Å². The first kappa shape index (κ1) is 23.0. The molecule has 2 heterocycles. The minimum atomic E-state index is -0.608. The second-order valence-corrected chi connectivity index (χ2v) is 9.96. The van der Waals surface area contributed by atoms with Gasteiger partial charge in [0.2, 0.25) is 5.70 Å². The number of benzene rings is 2. The van der Waals surface area contributed by atoms with Gasteiger partial charge in [-0.2, -0.15) is 5.10 Å². The highest BCUT2D eigenvalue weighted by Gasteiger charge is 2.50. The monoisotopic (exact) mass is 489 g/mol. The molecule has 2 aliphatic rings.